The van der Waals surface area contributed by atoms with Gasteiger partial charge in [-0.3, -0.25) is 4.90 Å². The SMILES string of the molecule is CNc1nccc([C@@H]2CCCCN2Cc2cccs2)n1. The number of anilines is 1. The van der Waals surface area contributed by atoms with Crippen molar-refractivity contribution in [3.05, 3.63) is 40.3 Å². The molecule has 3 heterocycles. The summed E-state index contributed by atoms with van der Waals surface area (Å²) in [5.74, 6) is 0.712. The fraction of sp³-hybridized carbons (Fsp3) is 0.467. The third-order valence-corrected chi connectivity index (χ3v) is 4.66. The summed E-state index contributed by atoms with van der Waals surface area (Å²) >= 11 is 1.83. The molecule has 0 aromatic carbocycles. The molecule has 1 aliphatic rings. The Kier molecular flexibility index (Phi) is 4.28. The Morgan fingerprint density at radius 3 is 3.15 bits per heavy atom. The van der Waals surface area contributed by atoms with Crippen LogP contribution in [0.25, 0.3) is 0 Å². The molecule has 1 saturated heterocycles. The molecule has 2 aromatic rings. The molecule has 1 atom stereocenters. The Morgan fingerprint density at radius 1 is 1.40 bits per heavy atom. The van der Waals surface area contributed by atoms with E-state index in [0.29, 0.717) is 12.0 Å². The molecule has 0 saturated carbocycles. The van der Waals surface area contributed by atoms with Crippen molar-refractivity contribution in [1.29, 1.82) is 0 Å². The quantitative estimate of drug-likeness (QED) is 0.937. The zero-order valence-electron chi connectivity index (χ0n) is 11.7. The van der Waals surface area contributed by atoms with Gasteiger partial charge in [0.25, 0.3) is 0 Å². The molecule has 1 fully saturated rings. The summed E-state index contributed by atoms with van der Waals surface area (Å²) in [6.45, 7) is 2.18. The van der Waals surface area contributed by atoms with Crippen LogP contribution in [0.1, 0.15) is 35.9 Å². The number of likely N-dealkylation sites (tertiary alicyclic amines) is 1. The lowest BCUT2D eigenvalue weighted by atomic mass is 9.99. The summed E-state index contributed by atoms with van der Waals surface area (Å²) < 4.78 is 0. The van der Waals surface area contributed by atoms with E-state index in [1.807, 2.05) is 24.6 Å². The van der Waals surface area contributed by atoms with Gasteiger partial charge >= 0.3 is 0 Å². The van der Waals surface area contributed by atoms with Crippen LogP contribution >= 0.6 is 11.3 Å². The highest BCUT2D eigenvalue weighted by Crippen LogP contribution is 2.31. The minimum Gasteiger partial charge on any atom is -0.357 e. The van der Waals surface area contributed by atoms with Crippen molar-refractivity contribution < 1.29 is 0 Å². The third-order valence-electron chi connectivity index (χ3n) is 3.79. The van der Waals surface area contributed by atoms with Gasteiger partial charge in [-0.05, 0) is 36.9 Å². The molecule has 0 bridgehead atoms. The van der Waals surface area contributed by atoms with Gasteiger partial charge in [0.05, 0.1) is 11.7 Å². The van der Waals surface area contributed by atoms with Gasteiger partial charge in [-0.1, -0.05) is 12.5 Å². The van der Waals surface area contributed by atoms with Gasteiger partial charge in [0.2, 0.25) is 5.95 Å². The Labute approximate surface area is 123 Å². The number of piperidine rings is 1. The first-order valence-corrected chi connectivity index (χ1v) is 8.02. The van der Waals surface area contributed by atoms with Crippen molar-refractivity contribution in [1.82, 2.24) is 14.9 Å². The number of nitrogens with one attached hydrogen (secondary N) is 1. The smallest absolute Gasteiger partial charge is 0.222 e. The van der Waals surface area contributed by atoms with E-state index in [0.717, 1.165) is 18.8 Å². The van der Waals surface area contributed by atoms with E-state index in [1.54, 1.807) is 0 Å². The predicted molar refractivity (Wildman–Crippen MR) is 82.9 cm³/mol. The van der Waals surface area contributed by atoms with Crippen molar-refractivity contribution in [2.24, 2.45) is 0 Å². The second kappa shape index (κ2) is 6.33. The highest BCUT2D eigenvalue weighted by Gasteiger charge is 2.25. The normalized spacial score (nSPS) is 19.9. The van der Waals surface area contributed by atoms with E-state index in [-0.39, 0.29) is 0 Å². The monoisotopic (exact) mass is 288 g/mol. The van der Waals surface area contributed by atoms with Crippen LogP contribution in [0.15, 0.2) is 29.8 Å². The average Bonchev–Trinajstić information content (AvgIpc) is 3.01. The number of rotatable bonds is 4. The van der Waals surface area contributed by atoms with Crippen molar-refractivity contribution in [2.75, 3.05) is 18.9 Å². The van der Waals surface area contributed by atoms with Crippen LogP contribution < -0.4 is 5.32 Å². The molecule has 1 aliphatic heterocycles. The standard InChI is InChI=1S/C15H20N4S/c1-16-15-17-8-7-13(18-15)14-6-2-3-9-19(14)11-12-5-4-10-20-12/h4-5,7-8,10,14H,2-3,6,9,11H2,1H3,(H,16,17,18)/t14-/m0/s1. The maximum atomic E-state index is 4.63. The van der Waals surface area contributed by atoms with Crippen molar-refractivity contribution in [2.45, 2.75) is 31.8 Å². The molecule has 20 heavy (non-hydrogen) atoms. The highest BCUT2D eigenvalue weighted by atomic mass is 32.1. The molecule has 0 spiro atoms. The van der Waals surface area contributed by atoms with Gasteiger partial charge in [0.15, 0.2) is 0 Å². The van der Waals surface area contributed by atoms with E-state index in [9.17, 15) is 0 Å². The van der Waals surface area contributed by atoms with Crippen LogP contribution in [0.4, 0.5) is 5.95 Å². The van der Waals surface area contributed by atoms with Crippen molar-refractivity contribution in [3.63, 3.8) is 0 Å². The van der Waals surface area contributed by atoms with Gasteiger partial charge in [-0.15, -0.1) is 11.3 Å². The zero-order valence-corrected chi connectivity index (χ0v) is 12.6. The number of thiophene rings is 1. The maximum Gasteiger partial charge on any atom is 0.222 e. The molecule has 4 nitrogen and oxygen atoms in total. The minimum atomic E-state index is 0.418. The van der Waals surface area contributed by atoms with E-state index in [2.05, 4.69) is 43.8 Å². The highest BCUT2D eigenvalue weighted by molar-refractivity contribution is 7.09. The first-order valence-electron chi connectivity index (χ1n) is 7.14. The Balaban J connectivity index is 1.80. The van der Waals surface area contributed by atoms with Crippen LogP contribution in [-0.2, 0) is 6.54 Å². The third kappa shape index (κ3) is 2.99. The molecule has 5 heteroatoms. The fourth-order valence-electron chi connectivity index (χ4n) is 2.80. The summed E-state index contributed by atoms with van der Waals surface area (Å²) in [4.78, 5) is 12.8. The average molecular weight is 288 g/mol. The van der Waals surface area contributed by atoms with E-state index >= 15 is 0 Å². The summed E-state index contributed by atoms with van der Waals surface area (Å²) in [5, 5.41) is 5.18. The zero-order chi connectivity index (χ0) is 13.8. The summed E-state index contributed by atoms with van der Waals surface area (Å²) in [6, 6.07) is 6.82. The van der Waals surface area contributed by atoms with Gasteiger partial charge in [-0.25, -0.2) is 9.97 Å². The van der Waals surface area contributed by atoms with E-state index in [4.69, 9.17) is 0 Å². The lowest BCUT2D eigenvalue weighted by Gasteiger charge is -2.35. The Hall–Kier alpha value is -1.46. The van der Waals surface area contributed by atoms with Crippen LogP contribution in [0.3, 0.4) is 0 Å². The van der Waals surface area contributed by atoms with Crippen LogP contribution in [0.5, 0.6) is 0 Å². The molecule has 1 N–H and O–H groups in total. The second-order valence-corrected chi connectivity index (χ2v) is 6.15. The Bertz CT molecular complexity index is 541. The van der Waals surface area contributed by atoms with E-state index < -0.39 is 0 Å². The van der Waals surface area contributed by atoms with Crippen LogP contribution in [0, 0.1) is 0 Å². The van der Waals surface area contributed by atoms with E-state index in [1.165, 1.54) is 24.1 Å². The molecule has 0 amide bonds. The topological polar surface area (TPSA) is 41.1 Å². The fourth-order valence-corrected chi connectivity index (χ4v) is 3.53. The van der Waals surface area contributed by atoms with Gasteiger partial charge in [0, 0.05) is 24.7 Å². The van der Waals surface area contributed by atoms with Gasteiger partial charge in [0.1, 0.15) is 0 Å². The first kappa shape index (κ1) is 13.5. The van der Waals surface area contributed by atoms with Crippen molar-refractivity contribution >= 4 is 17.3 Å². The summed E-state index contributed by atoms with van der Waals surface area (Å²) in [5.41, 5.74) is 1.14. The predicted octanol–water partition coefficient (Wildman–Crippen LogP) is 3.31. The largest absolute Gasteiger partial charge is 0.357 e. The molecular formula is C15H20N4S. The number of nitrogens with zero attached hydrogens (tertiary/aromatic N) is 3. The molecule has 106 valence electrons. The van der Waals surface area contributed by atoms with Gasteiger partial charge < -0.3 is 5.32 Å². The summed E-state index contributed by atoms with van der Waals surface area (Å²) in [7, 11) is 1.86. The Morgan fingerprint density at radius 2 is 2.35 bits per heavy atom. The summed E-state index contributed by atoms with van der Waals surface area (Å²) in [6.07, 6.45) is 5.61. The van der Waals surface area contributed by atoms with Crippen LogP contribution in [0.2, 0.25) is 0 Å². The first-order chi connectivity index (χ1) is 9.86. The molecular weight excluding hydrogens is 268 g/mol. The molecule has 0 radical (unpaired) electrons. The molecule has 0 aliphatic carbocycles. The second-order valence-electron chi connectivity index (χ2n) is 5.12. The molecule has 0 unspecified atom stereocenters. The van der Waals surface area contributed by atoms with Crippen LogP contribution in [-0.4, -0.2) is 28.5 Å². The molecule has 2 aromatic heterocycles. The van der Waals surface area contributed by atoms with Gasteiger partial charge in [-0.2, -0.15) is 0 Å². The lowest BCUT2D eigenvalue weighted by Crippen LogP contribution is -2.33. The number of hydrogen-bond donors (Lipinski definition) is 1. The lowest BCUT2D eigenvalue weighted by molar-refractivity contribution is 0.138. The number of aromatic nitrogens is 2. The molecule has 3 rings (SSSR count). The minimum absolute atomic E-state index is 0.418. The van der Waals surface area contributed by atoms with Crippen molar-refractivity contribution in [3.8, 4) is 0 Å². The maximum absolute atomic E-state index is 4.63. The number of hydrogen-bond acceptors (Lipinski definition) is 5.